The summed E-state index contributed by atoms with van der Waals surface area (Å²) in [6, 6.07) is 5.13. The summed E-state index contributed by atoms with van der Waals surface area (Å²) < 4.78 is 38.7. The predicted molar refractivity (Wildman–Crippen MR) is 63.4 cm³/mol. The van der Waals surface area contributed by atoms with Gasteiger partial charge in [0, 0.05) is 16.7 Å². The minimum absolute atomic E-state index is 0.159. The van der Waals surface area contributed by atoms with Gasteiger partial charge in [0.1, 0.15) is 5.54 Å². The molecule has 6 heteroatoms. The SMILES string of the molecule is Nc1ccc(CNC2(C(F)(F)F)CC2)cc1Br. The number of nitrogens with one attached hydrogen (secondary N) is 1. The molecule has 0 aromatic heterocycles. The number of benzene rings is 1. The van der Waals surface area contributed by atoms with Crippen LogP contribution in [0.1, 0.15) is 18.4 Å². The fourth-order valence-corrected chi connectivity index (χ4v) is 2.06. The molecule has 0 radical (unpaired) electrons. The average Bonchev–Trinajstić information content (AvgIpc) is 3.00. The van der Waals surface area contributed by atoms with Crippen LogP contribution in [0.2, 0.25) is 0 Å². The van der Waals surface area contributed by atoms with E-state index in [1.165, 1.54) is 0 Å². The molecule has 1 fully saturated rings. The molecule has 2 rings (SSSR count). The highest BCUT2D eigenvalue weighted by Gasteiger charge is 2.62. The molecule has 1 aliphatic rings. The van der Waals surface area contributed by atoms with Gasteiger partial charge in [-0.05, 0) is 46.5 Å². The number of alkyl halides is 3. The normalized spacial score (nSPS) is 18.1. The van der Waals surface area contributed by atoms with E-state index in [2.05, 4.69) is 21.2 Å². The quantitative estimate of drug-likeness (QED) is 0.842. The van der Waals surface area contributed by atoms with Crippen LogP contribution < -0.4 is 11.1 Å². The fraction of sp³-hybridized carbons (Fsp3) is 0.455. The van der Waals surface area contributed by atoms with Crippen molar-refractivity contribution in [2.24, 2.45) is 0 Å². The summed E-state index contributed by atoms with van der Waals surface area (Å²) in [5.74, 6) is 0. The zero-order valence-corrected chi connectivity index (χ0v) is 10.5. The molecule has 1 aliphatic carbocycles. The molecule has 0 unspecified atom stereocenters. The van der Waals surface area contributed by atoms with Crippen molar-refractivity contribution in [3.8, 4) is 0 Å². The van der Waals surface area contributed by atoms with Crippen LogP contribution in [0.4, 0.5) is 18.9 Å². The molecular weight excluding hydrogens is 297 g/mol. The van der Waals surface area contributed by atoms with Crippen LogP contribution in [0.3, 0.4) is 0 Å². The Hall–Kier alpha value is -0.750. The van der Waals surface area contributed by atoms with Gasteiger partial charge in [-0.1, -0.05) is 6.07 Å². The van der Waals surface area contributed by atoms with E-state index < -0.39 is 11.7 Å². The maximum Gasteiger partial charge on any atom is 0.406 e. The smallest absolute Gasteiger partial charge is 0.398 e. The van der Waals surface area contributed by atoms with Crippen LogP contribution in [-0.2, 0) is 6.54 Å². The fourth-order valence-electron chi connectivity index (χ4n) is 1.64. The standard InChI is InChI=1S/C11H12BrF3N2/c12-8-5-7(1-2-9(8)16)6-17-10(3-4-10)11(13,14)15/h1-2,5,17H,3-4,6,16H2. The highest BCUT2D eigenvalue weighted by Crippen LogP contribution is 2.49. The van der Waals surface area contributed by atoms with Crippen molar-refractivity contribution in [2.75, 3.05) is 5.73 Å². The lowest BCUT2D eigenvalue weighted by molar-refractivity contribution is -0.166. The topological polar surface area (TPSA) is 38.0 Å². The molecule has 1 aromatic carbocycles. The van der Waals surface area contributed by atoms with Crippen molar-refractivity contribution >= 4 is 21.6 Å². The summed E-state index contributed by atoms with van der Waals surface area (Å²) in [4.78, 5) is 0. The first kappa shape index (κ1) is 12.7. The molecule has 2 nitrogen and oxygen atoms in total. The van der Waals surface area contributed by atoms with Crippen molar-refractivity contribution in [3.63, 3.8) is 0 Å². The van der Waals surface area contributed by atoms with E-state index in [0.717, 1.165) is 5.56 Å². The van der Waals surface area contributed by atoms with Gasteiger partial charge in [-0.25, -0.2) is 0 Å². The monoisotopic (exact) mass is 308 g/mol. The Morgan fingerprint density at radius 3 is 2.47 bits per heavy atom. The van der Waals surface area contributed by atoms with Crippen LogP contribution in [-0.4, -0.2) is 11.7 Å². The zero-order valence-electron chi connectivity index (χ0n) is 8.94. The van der Waals surface area contributed by atoms with Gasteiger partial charge in [0.05, 0.1) is 0 Å². The molecule has 0 atom stereocenters. The number of nitrogens with two attached hydrogens (primary N) is 1. The van der Waals surface area contributed by atoms with Crippen molar-refractivity contribution < 1.29 is 13.2 Å². The van der Waals surface area contributed by atoms with E-state index >= 15 is 0 Å². The van der Waals surface area contributed by atoms with Crippen molar-refractivity contribution in [1.29, 1.82) is 0 Å². The summed E-state index contributed by atoms with van der Waals surface area (Å²) in [5.41, 5.74) is 5.29. The molecule has 0 heterocycles. The maximum absolute atomic E-state index is 12.7. The van der Waals surface area contributed by atoms with E-state index in [-0.39, 0.29) is 19.4 Å². The Labute approximate surface area is 106 Å². The molecule has 0 bridgehead atoms. The third kappa shape index (κ3) is 2.57. The van der Waals surface area contributed by atoms with E-state index in [4.69, 9.17) is 5.73 Å². The Morgan fingerprint density at radius 1 is 1.35 bits per heavy atom. The second-order valence-corrected chi connectivity index (χ2v) is 5.14. The first-order chi connectivity index (χ1) is 7.84. The molecule has 1 saturated carbocycles. The summed E-state index contributed by atoms with van der Waals surface area (Å²) in [5, 5.41) is 2.59. The highest BCUT2D eigenvalue weighted by molar-refractivity contribution is 9.10. The summed E-state index contributed by atoms with van der Waals surface area (Å²) in [6.45, 7) is 0.193. The highest BCUT2D eigenvalue weighted by atomic mass is 79.9. The second-order valence-electron chi connectivity index (χ2n) is 4.29. The van der Waals surface area contributed by atoms with Crippen LogP contribution in [0, 0.1) is 0 Å². The van der Waals surface area contributed by atoms with Gasteiger partial charge in [-0.2, -0.15) is 13.2 Å². The van der Waals surface area contributed by atoms with Crippen LogP contribution in [0.25, 0.3) is 0 Å². The third-order valence-electron chi connectivity index (χ3n) is 2.99. The van der Waals surface area contributed by atoms with E-state index in [1.54, 1.807) is 18.2 Å². The minimum atomic E-state index is -4.17. The Morgan fingerprint density at radius 2 is 2.00 bits per heavy atom. The minimum Gasteiger partial charge on any atom is -0.398 e. The van der Waals surface area contributed by atoms with Crippen LogP contribution in [0.5, 0.6) is 0 Å². The lowest BCUT2D eigenvalue weighted by Crippen LogP contribution is -2.44. The van der Waals surface area contributed by atoms with Gasteiger partial charge < -0.3 is 5.73 Å². The van der Waals surface area contributed by atoms with Gasteiger partial charge >= 0.3 is 6.18 Å². The molecule has 17 heavy (non-hydrogen) atoms. The Bertz CT molecular complexity index is 427. The summed E-state index contributed by atoms with van der Waals surface area (Å²) in [7, 11) is 0. The Balaban J connectivity index is 2.01. The number of nitrogen functional groups attached to an aromatic ring is 1. The van der Waals surface area contributed by atoms with E-state index in [0.29, 0.717) is 10.2 Å². The molecule has 0 saturated heterocycles. The molecule has 3 N–H and O–H groups in total. The first-order valence-electron chi connectivity index (χ1n) is 5.20. The van der Waals surface area contributed by atoms with Gasteiger partial charge in [0.2, 0.25) is 0 Å². The lowest BCUT2D eigenvalue weighted by atomic mass is 10.2. The van der Waals surface area contributed by atoms with Crippen molar-refractivity contribution in [1.82, 2.24) is 5.32 Å². The maximum atomic E-state index is 12.7. The van der Waals surface area contributed by atoms with Crippen LogP contribution in [0.15, 0.2) is 22.7 Å². The lowest BCUT2D eigenvalue weighted by Gasteiger charge is -2.20. The number of hydrogen-bond donors (Lipinski definition) is 2. The number of rotatable bonds is 3. The molecule has 0 aliphatic heterocycles. The molecule has 94 valence electrons. The predicted octanol–water partition coefficient (Wildman–Crippen LogP) is 3.22. The molecule has 1 aromatic rings. The number of hydrogen-bond acceptors (Lipinski definition) is 2. The van der Waals surface area contributed by atoms with Crippen molar-refractivity contribution in [3.05, 3.63) is 28.2 Å². The number of halogens is 4. The largest absolute Gasteiger partial charge is 0.406 e. The average molecular weight is 309 g/mol. The molecular formula is C11H12BrF3N2. The first-order valence-corrected chi connectivity index (χ1v) is 5.99. The van der Waals surface area contributed by atoms with Gasteiger partial charge in [0.15, 0.2) is 0 Å². The Kier molecular flexibility index (Phi) is 3.12. The molecule has 0 amide bonds. The van der Waals surface area contributed by atoms with Gasteiger partial charge in [-0.3, -0.25) is 5.32 Å². The third-order valence-corrected chi connectivity index (χ3v) is 3.68. The van der Waals surface area contributed by atoms with Crippen molar-refractivity contribution in [2.45, 2.75) is 31.1 Å². The second kappa shape index (κ2) is 4.17. The summed E-state index contributed by atoms with van der Waals surface area (Å²) in [6.07, 6.45) is -3.85. The van der Waals surface area contributed by atoms with E-state index in [9.17, 15) is 13.2 Å². The zero-order chi connectivity index (χ0) is 12.7. The van der Waals surface area contributed by atoms with Crippen LogP contribution >= 0.6 is 15.9 Å². The molecule has 0 spiro atoms. The summed E-state index contributed by atoms with van der Waals surface area (Å²) >= 11 is 3.25. The van der Waals surface area contributed by atoms with Gasteiger partial charge in [-0.15, -0.1) is 0 Å². The number of anilines is 1. The van der Waals surface area contributed by atoms with E-state index in [1.807, 2.05) is 0 Å². The van der Waals surface area contributed by atoms with Gasteiger partial charge in [0.25, 0.3) is 0 Å².